The Morgan fingerprint density at radius 2 is 2.07 bits per heavy atom. The van der Waals surface area contributed by atoms with Crippen LogP contribution in [0.25, 0.3) is 0 Å². The average molecular weight is 387 g/mol. The summed E-state index contributed by atoms with van der Waals surface area (Å²) in [6, 6.07) is 6.84. The largest absolute Gasteiger partial charge is 0.465 e. The Morgan fingerprint density at radius 3 is 2.78 bits per heavy atom. The highest BCUT2D eigenvalue weighted by atomic mass is 32.1. The van der Waals surface area contributed by atoms with E-state index >= 15 is 0 Å². The van der Waals surface area contributed by atoms with Gasteiger partial charge in [0.05, 0.1) is 12.7 Å². The van der Waals surface area contributed by atoms with Crippen LogP contribution in [0.3, 0.4) is 0 Å². The lowest BCUT2D eigenvalue weighted by Gasteiger charge is -2.05. The molecule has 0 aliphatic carbocycles. The number of carbonyl (C=O) groups is 2. The summed E-state index contributed by atoms with van der Waals surface area (Å²) >= 11 is 1.33. The fraction of sp³-hybridized carbons (Fsp3) is 0.278. The lowest BCUT2D eigenvalue weighted by molar-refractivity contribution is 0.0600. The number of nitrogens with one attached hydrogen (secondary N) is 2. The van der Waals surface area contributed by atoms with Crippen LogP contribution in [0.15, 0.2) is 39.6 Å². The molecule has 0 radical (unpaired) electrons. The Hall–Kier alpha value is -3.07. The van der Waals surface area contributed by atoms with Gasteiger partial charge in [-0.15, -0.1) is 11.3 Å². The van der Waals surface area contributed by atoms with E-state index in [4.69, 9.17) is 0 Å². The van der Waals surface area contributed by atoms with E-state index in [9.17, 15) is 9.59 Å². The van der Waals surface area contributed by atoms with Crippen LogP contribution >= 0.6 is 11.3 Å². The van der Waals surface area contributed by atoms with Gasteiger partial charge in [0.1, 0.15) is 18.7 Å². The van der Waals surface area contributed by atoms with Gasteiger partial charge >= 0.3 is 5.97 Å². The number of methoxy groups -OCH3 is 1. The maximum Gasteiger partial charge on any atom is 0.337 e. The van der Waals surface area contributed by atoms with Crippen molar-refractivity contribution in [1.29, 1.82) is 0 Å². The van der Waals surface area contributed by atoms with Gasteiger partial charge in [-0.05, 0) is 24.1 Å². The molecule has 2 rings (SSSR count). The molecule has 0 saturated heterocycles. The van der Waals surface area contributed by atoms with Crippen molar-refractivity contribution in [2.45, 2.75) is 19.9 Å². The van der Waals surface area contributed by atoms with E-state index in [1.807, 2.05) is 6.92 Å². The molecule has 2 aromatic rings. The monoisotopic (exact) mass is 387 g/mol. The average Bonchev–Trinajstić information content (AvgIpc) is 3.17. The van der Waals surface area contributed by atoms with Crippen LogP contribution < -0.4 is 10.6 Å². The predicted octanol–water partition coefficient (Wildman–Crippen LogP) is 2.74. The van der Waals surface area contributed by atoms with E-state index in [0.29, 0.717) is 29.6 Å². The Kier molecular flexibility index (Phi) is 8.11. The van der Waals surface area contributed by atoms with E-state index in [0.717, 1.165) is 12.0 Å². The number of nitrogens with zero attached hydrogens (tertiary/aromatic N) is 3. The zero-order valence-corrected chi connectivity index (χ0v) is 16.0. The first kappa shape index (κ1) is 20.2. The minimum atomic E-state index is -0.394. The van der Waals surface area contributed by atoms with E-state index in [1.54, 1.807) is 35.9 Å². The van der Waals surface area contributed by atoms with Crippen molar-refractivity contribution in [1.82, 2.24) is 10.3 Å². The van der Waals surface area contributed by atoms with Gasteiger partial charge in [0.25, 0.3) is 5.91 Å². The number of ether oxygens (including phenoxy) is 1. The molecule has 9 heteroatoms. The van der Waals surface area contributed by atoms with Gasteiger partial charge < -0.3 is 15.4 Å². The number of rotatable bonds is 9. The number of aliphatic imine (C=N–C) groups is 2. The summed E-state index contributed by atoms with van der Waals surface area (Å²) in [5, 5.41) is 8.09. The second kappa shape index (κ2) is 10.8. The van der Waals surface area contributed by atoms with Gasteiger partial charge in [0.2, 0.25) is 0 Å². The molecule has 0 bridgehead atoms. The lowest BCUT2D eigenvalue weighted by Crippen LogP contribution is -2.23. The number of anilines is 1. The second-order valence-corrected chi connectivity index (χ2v) is 6.14. The van der Waals surface area contributed by atoms with Gasteiger partial charge in [-0.25, -0.2) is 14.8 Å². The first-order valence-electron chi connectivity index (χ1n) is 8.28. The number of hydrogen-bond donors (Lipinski definition) is 2. The Morgan fingerprint density at radius 1 is 1.30 bits per heavy atom. The van der Waals surface area contributed by atoms with Crippen LogP contribution in [0, 0.1) is 0 Å². The number of benzene rings is 1. The van der Waals surface area contributed by atoms with Gasteiger partial charge in [-0.2, -0.15) is 0 Å². The summed E-state index contributed by atoms with van der Waals surface area (Å²) in [5.74, 6) is -0.665. The van der Waals surface area contributed by atoms with Crippen LogP contribution in [0.2, 0.25) is 0 Å². The third kappa shape index (κ3) is 6.63. The van der Waals surface area contributed by atoms with Crippen LogP contribution in [0.1, 0.15) is 39.8 Å². The van der Waals surface area contributed by atoms with Crippen molar-refractivity contribution >= 4 is 40.9 Å². The number of carbonyl (C=O) groups excluding carboxylic acids is 2. The highest BCUT2D eigenvalue weighted by Crippen LogP contribution is 2.15. The molecular formula is C18H21N5O3S. The van der Waals surface area contributed by atoms with Crippen molar-refractivity contribution in [2.75, 3.05) is 19.1 Å². The fourth-order valence-electron chi connectivity index (χ4n) is 1.96. The maximum atomic E-state index is 12.2. The summed E-state index contributed by atoms with van der Waals surface area (Å²) < 4.78 is 4.65. The zero-order chi connectivity index (χ0) is 19.5. The third-order valence-electron chi connectivity index (χ3n) is 3.32. The molecule has 2 N–H and O–H groups in total. The van der Waals surface area contributed by atoms with E-state index in [-0.39, 0.29) is 5.91 Å². The molecular weight excluding hydrogens is 366 g/mol. The summed E-state index contributed by atoms with van der Waals surface area (Å²) in [4.78, 5) is 35.8. The molecule has 142 valence electrons. The highest BCUT2D eigenvalue weighted by molar-refractivity contribution is 7.13. The normalized spacial score (nSPS) is 11.0. The zero-order valence-electron chi connectivity index (χ0n) is 15.1. The predicted molar refractivity (Wildman–Crippen MR) is 107 cm³/mol. The van der Waals surface area contributed by atoms with Crippen molar-refractivity contribution in [3.63, 3.8) is 0 Å². The van der Waals surface area contributed by atoms with E-state index < -0.39 is 5.97 Å². The maximum absolute atomic E-state index is 12.2. The van der Waals surface area contributed by atoms with Gasteiger partial charge in [-0.3, -0.25) is 9.79 Å². The SMILES string of the molecule is CC/C=N\C=N/CNc1nc(C(=O)NCc2ccc(C(=O)OC)cc2)cs1. The summed E-state index contributed by atoms with van der Waals surface area (Å²) in [6.45, 7) is 2.66. The quantitative estimate of drug-likeness (QED) is 0.391. The highest BCUT2D eigenvalue weighted by Gasteiger charge is 2.10. The molecule has 27 heavy (non-hydrogen) atoms. The molecule has 0 spiro atoms. The topological polar surface area (TPSA) is 105 Å². The number of amides is 1. The molecule has 1 aromatic heterocycles. The van der Waals surface area contributed by atoms with Crippen molar-refractivity contribution < 1.29 is 14.3 Å². The molecule has 1 amide bonds. The van der Waals surface area contributed by atoms with E-state index in [1.165, 1.54) is 24.8 Å². The summed E-state index contributed by atoms with van der Waals surface area (Å²) in [5.41, 5.74) is 1.67. The Labute approximate surface area is 161 Å². The molecule has 0 unspecified atom stereocenters. The van der Waals surface area contributed by atoms with Crippen LogP contribution in [0.4, 0.5) is 5.13 Å². The smallest absolute Gasteiger partial charge is 0.337 e. The first-order chi connectivity index (χ1) is 13.1. The minimum absolute atomic E-state index is 0.271. The summed E-state index contributed by atoms with van der Waals surface area (Å²) in [7, 11) is 1.33. The molecule has 0 aliphatic heterocycles. The van der Waals surface area contributed by atoms with E-state index in [2.05, 4.69) is 30.3 Å². The van der Waals surface area contributed by atoms with Crippen LogP contribution in [0.5, 0.6) is 0 Å². The first-order valence-corrected chi connectivity index (χ1v) is 9.16. The number of esters is 1. The van der Waals surface area contributed by atoms with Crippen LogP contribution in [-0.4, -0.2) is 43.2 Å². The molecule has 0 atom stereocenters. The molecule has 0 saturated carbocycles. The van der Waals surface area contributed by atoms with Gasteiger partial charge in [0.15, 0.2) is 5.13 Å². The van der Waals surface area contributed by atoms with Crippen molar-refractivity contribution in [3.05, 3.63) is 46.5 Å². The number of aromatic nitrogens is 1. The minimum Gasteiger partial charge on any atom is -0.465 e. The molecule has 0 fully saturated rings. The lowest BCUT2D eigenvalue weighted by atomic mass is 10.1. The standard InChI is InChI=1S/C18H21N5O3S/c1-3-8-19-11-20-12-22-18-23-15(10-27-18)16(24)21-9-13-4-6-14(7-5-13)17(25)26-2/h4-8,10-11H,3,9,12H2,1-2H3,(H,21,24)(H,22,23)/b19-8-,20-11-. The van der Waals surface area contributed by atoms with Crippen LogP contribution in [-0.2, 0) is 11.3 Å². The second-order valence-electron chi connectivity index (χ2n) is 5.28. The van der Waals surface area contributed by atoms with Gasteiger partial charge in [0, 0.05) is 18.1 Å². The third-order valence-corrected chi connectivity index (χ3v) is 4.12. The van der Waals surface area contributed by atoms with Crippen molar-refractivity contribution in [2.24, 2.45) is 9.98 Å². The van der Waals surface area contributed by atoms with Crippen molar-refractivity contribution in [3.8, 4) is 0 Å². The summed E-state index contributed by atoms with van der Waals surface area (Å²) in [6.07, 6.45) is 4.10. The molecule has 8 nitrogen and oxygen atoms in total. The molecule has 0 aliphatic rings. The fourth-order valence-corrected chi connectivity index (χ4v) is 2.64. The molecule has 1 heterocycles. The number of hydrogen-bond acceptors (Lipinski definition) is 7. The molecule has 1 aromatic carbocycles. The Bertz CT molecular complexity index is 815. The Balaban J connectivity index is 1.81. The number of thiazole rings is 1. The van der Waals surface area contributed by atoms with Gasteiger partial charge in [-0.1, -0.05) is 19.1 Å².